The number of nitrogen functional groups attached to an aromatic ring is 1. The molecule has 0 bridgehead atoms. The highest BCUT2D eigenvalue weighted by atomic mass is 35.5. The van der Waals surface area contributed by atoms with E-state index in [0.29, 0.717) is 32.8 Å². The van der Waals surface area contributed by atoms with Gasteiger partial charge in [0.15, 0.2) is 5.82 Å². The molecule has 0 atom stereocenters. The molecule has 0 fully saturated rings. The molecule has 0 saturated heterocycles. The zero-order chi connectivity index (χ0) is 14.4. The number of halogens is 2. The van der Waals surface area contributed by atoms with Crippen molar-refractivity contribution in [3.63, 3.8) is 0 Å². The van der Waals surface area contributed by atoms with Gasteiger partial charge < -0.3 is 5.73 Å². The van der Waals surface area contributed by atoms with Crippen molar-refractivity contribution in [2.24, 2.45) is 0 Å². The SMILES string of the molecule is Cc1cc(=O)n2[nH]c(-c3c(Cl)ccc(Cl)c3N)nc2n1. The number of nitrogens with zero attached hydrogens (tertiary/aromatic N) is 3. The Labute approximate surface area is 123 Å². The van der Waals surface area contributed by atoms with Crippen LogP contribution in [0.25, 0.3) is 17.2 Å². The van der Waals surface area contributed by atoms with Crippen molar-refractivity contribution in [1.29, 1.82) is 0 Å². The van der Waals surface area contributed by atoms with E-state index >= 15 is 0 Å². The van der Waals surface area contributed by atoms with Crippen molar-refractivity contribution in [3.8, 4) is 11.4 Å². The minimum atomic E-state index is -0.261. The molecule has 2 heterocycles. The average molecular weight is 310 g/mol. The van der Waals surface area contributed by atoms with Gasteiger partial charge >= 0.3 is 0 Å². The van der Waals surface area contributed by atoms with Crippen LogP contribution in [0.15, 0.2) is 23.0 Å². The van der Waals surface area contributed by atoms with Crippen molar-refractivity contribution in [1.82, 2.24) is 19.6 Å². The lowest BCUT2D eigenvalue weighted by Crippen LogP contribution is -2.14. The first-order valence-corrected chi connectivity index (χ1v) is 6.43. The van der Waals surface area contributed by atoms with Crippen molar-refractivity contribution in [2.75, 3.05) is 5.73 Å². The second-order valence-corrected chi connectivity index (χ2v) is 5.08. The van der Waals surface area contributed by atoms with Crippen molar-refractivity contribution < 1.29 is 0 Å². The van der Waals surface area contributed by atoms with E-state index in [2.05, 4.69) is 15.1 Å². The quantitative estimate of drug-likeness (QED) is 0.675. The number of hydrogen-bond donors (Lipinski definition) is 2. The summed E-state index contributed by atoms with van der Waals surface area (Å²) in [6.07, 6.45) is 0. The summed E-state index contributed by atoms with van der Waals surface area (Å²) in [7, 11) is 0. The Morgan fingerprint density at radius 3 is 2.70 bits per heavy atom. The molecule has 0 aliphatic carbocycles. The van der Waals surface area contributed by atoms with E-state index < -0.39 is 0 Å². The molecule has 0 saturated carbocycles. The van der Waals surface area contributed by atoms with Gasteiger partial charge in [-0.15, -0.1) is 0 Å². The number of nitrogens with one attached hydrogen (secondary N) is 1. The number of nitrogens with two attached hydrogens (primary N) is 1. The lowest BCUT2D eigenvalue weighted by molar-refractivity contribution is 0.892. The van der Waals surface area contributed by atoms with Crippen LogP contribution in [0.5, 0.6) is 0 Å². The fourth-order valence-electron chi connectivity index (χ4n) is 1.91. The van der Waals surface area contributed by atoms with Crippen LogP contribution < -0.4 is 11.3 Å². The van der Waals surface area contributed by atoms with Crippen molar-refractivity contribution >= 4 is 34.7 Å². The van der Waals surface area contributed by atoms with Gasteiger partial charge in [-0.2, -0.15) is 9.50 Å². The third-order valence-electron chi connectivity index (χ3n) is 2.84. The van der Waals surface area contributed by atoms with E-state index in [1.165, 1.54) is 10.6 Å². The van der Waals surface area contributed by atoms with Gasteiger partial charge in [-0.1, -0.05) is 23.2 Å². The Morgan fingerprint density at radius 1 is 1.25 bits per heavy atom. The van der Waals surface area contributed by atoms with Crippen LogP contribution in [0.2, 0.25) is 10.0 Å². The molecule has 0 unspecified atom stereocenters. The molecule has 102 valence electrons. The number of aryl methyl sites for hydroxylation is 1. The van der Waals surface area contributed by atoms with Crippen LogP contribution >= 0.6 is 23.2 Å². The first-order chi connectivity index (χ1) is 9.47. The average Bonchev–Trinajstić information content (AvgIpc) is 2.78. The molecule has 3 N–H and O–H groups in total. The summed E-state index contributed by atoms with van der Waals surface area (Å²) in [5.74, 6) is 0.589. The molecule has 0 radical (unpaired) electrons. The molecular weight excluding hydrogens is 301 g/mol. The molecule has 8 heteroatoms. The molecule has 6 nitrogen and oxygen atoms in total. The first kappa shape index (κ1) is 13.0. The minimum absolute atomic E-state index is 0.250. The number of aromatic amines is 1. The Kier molecular flexibility index (Phi) is 2.92. The van der Waals surface area contributed by atoms with E-state index in [0.717, 1.165) is 0 Å². The Hall–Kier alpha value is -2.05. The molecule has 3 aromatic rings. The summed E-state index contributed by atoms with van der Waals surface area (Å²) in [5, 5.41) is 3.57. The highest BCUT2D eigenvalue weighted by Gasteiger charge is 2.16. The lowest BCUT2D eigenvalue weighted by atomic mass is 10.1. The molecule has 2 aromatic heterocycles. The summed E-state index contributed by atoms with van der Waals surface area (Å²) in [6.45, 7) is 1.72. The number of H-pyrrole nitrogens is 1. The zero-order valence-corrected chi connectivity index (χ0v) is 11.8. The van der Waals surface area contributed by atoms with Crippen molar-refractivity contribution in [2.45, 2.75) is 6.92 Å². The largest absolute Gasteiger partial charge is 0.397 e. The van der Waals surface area contributed by atoms with Gasteiger partial charge in [0.2, 0.25) is 0 Å². The van der Waals surface area contributed by atoms with Crippen LogP contribution in [0.1, 0.15) is 5.69 Å². The predicted molar refractivity (Wildman–Crippen MR) is 78.2 cm³/mol. The zero-order valence-electron chi connectivity index (χ0n) is 10.3. The second kappa shape index (κ2) is 4.50. The maximum absolute atomic E-state index is 11.8. The highest BCUT2D eigenvalue weighted by molar-refractivity contribution is 6.37. The van der Waals surface area contributed by atoms with Gasteiger partial charge in [-0.3, -0.25) is 9.89 Å². The predicted octanol–water partition coefficient (Wildman–Crippen LogP) is 2.28. The summed E-state index contributed by atoms with van der Waals surface area (Å²) in [6, 6.07) is 4.61. The standard InChI is InChI=1S/C12H9Cl2N5O/c1-5-4-8(20)19-12(16-5)17-11(18-19)9-6(13)2-3-7(14)10(9)15/h2-4H,15H2,1H3,(H,16,17,18). The second-order valence-electron chi connectivity index (χ2n) is 4.26. The normalized spacial score (nSPS) is 11.2. The molecule has 20 heavy (non-hydrogen) atoms. The number of anilines is 1. The van der Waals surface area contributed by atoms with Gasteiger partial charge in [0.1, 0.15) is 0 Å². The van der Waals surface area contributed by atoms with E-state index in [9.17, 15) is 4.79 Å². The Morgan fingerprint density at radius 2 is 1.95 bits per heavy atom. The van der Waals surface area contributed by atoms with Gasteiger partial charge in [0.05, 0.1) is 21.3 Å². The van der Waals surface area contributed by atoms with Crippen LogP contribution in [0, 0.1) is 6.92 Å². The molecule has 0 aliphatic rings. The van der Waals surface area contributed by atoms with Gasteiger partial charge in [-0.25, -0.2) is 4.98 Å². The molecule has 0 aliphatic heterocycles. The molecule has 0 amide bonds. The Bertz CT molecular complexity index is 883. The number of aromatic nitrogens is 4. The van der Waals surface area contributed by atoms with Crippen molar-refractivity contribution in [3.05, 3.63) is 44.3 Å². The molecule has 1 aromatic carbocycles. The minimum Gasteiger partial charge on any atom is -0.397 e. The summed E-state index contributed by atoms with van der Waals surface area (Å²) in [4.78, 5) is 20.3. The maximum atomic E-state index is 11.8. The van der Waals surface area contributed by atoms with E-state index in [1.54, 1.807) is 19.1 Å². The summed E-state index contributed by atoms with van der Waals surface area (Å²) < 4.78 is 1.22. The maximum Gasteiger partial charge on any atom is 0.274 e. The fraction of sp³-hybridized carbons (Fsp3) is 0.0833. The summed E-state index contributed by atoms with van der Waals surface area (Å²) >= 11 is 12.1. The summed E-state index contributed by atoms with van der Waals surface area (Å²) in [5.41, 5.74) is 6.98. The highest BCUT2D eigenvalue weighted by Crippen LogP contribution is 2.35. The third-order valence-corrected chi connectivity index (χ3v) is 3.48. The van der Waals surface area contributed by atoms with E-state index in [-0.39, 0.29) is 11.3 Å². The first-order valence-electron chi connectivity index (χ1n) is 5.67. The van der Waals surface area contributed by atoms with E-state index in [1.807, 2.05) is 0 Å². The van der Waals surface area contributed by atoms with Crippen LogP contribution in [0.4, 0.5) is 5.69 Å². The Balaban J connectivity index is 2.34. The number of benzene rings is 1. The number of rotatable bonds is 1. The van der Waals surface area contributed by atoms with Crippen LogP contribution in [-0.2, 0) is 0 Å². The van der Waals surface area contributed by atoms with Gasteiger partial charge in [0, 0.05) is 11.8 Å². The number of fused-ring (bicyclic) bond motifs is 1. The monoisotopic (exact) mass is 309 g/mol. The number of hydrogen-bond acceptors (Lipinski definition) is 4. The molecule has 3 rings (SSSR count). The smallest absolute Gasteiger partial charge is 0.274 e. The van der Waals surface area contributed by atoms with Crippen LogP contribution in [-0.4, -0.2) is 19.6 Å². The van der Waals surface area contributed by atoms with Gasteiger partial charge in [-0.05, 0) is 19.1 Å². The fourth-order valence-corrected chi connectivity index (χ4v) is 2.32. The van der Waals surface area contributed by atoms with E-state index in [4.69, 9.17) is 28.9 Å². The molecular formula is C12H9Cl2N5O. The van der Waals surface area contributed by atoms with Crippen LogP contribution in [0.3, 0.4) is 0 Å². The topological polar surface area (TPSA) is 89.1 Å². The third kappa shape index (κ3) is 1.93. The van der Waals surface area contributed by atoms with Gasteiger partial charge in [0.25, 0.3) is 11.3 Å². The molecule has 0 spiro atoms. The lowest BCUT2D eigenvalue weighted by Gasteiger charge is -2.06.